The van der Waals surface area contributed by atoms with Crippen molar-refractivity contribution in [1.29, 1.82) is 0 Å². The van der Waals surface area contributed by atoms with Gasteiger partial charge < -0.3 is 19.7 Å². The number of hydrogen-bond acceptors (Lipinski definition) is 5. The second-order valence-electron chi connectivity index (χ2n) is 7.49. The third kappa shape index (κ3) is 4.69. The summed E-state index contributed by atoms with van der Waals surface area (Å²) in [6.07, 6.45) is 3.74. The predicted molar refractivity (Wildman–Crippen MR) is 106 cm³/mol. The van der Waals surface area contributed by atoms with Crippen molar-refractivity contribution in [2.24, 2.45) is 11.8 Å². The van der Waals surface area contributed by atoms with Crippen LogP contribution in [0, 0.1) is 23.7 Å². The molecule has 2 aliphatic carbocycles. The van der Waals surface area contributed by atoms with Gasteiger partial charge in [0.1, 0.15) is 5.75 Å². The van der Waals surface area contributed by atoms with E-state index in [2.05, 4.69) is 11.8 Å². The lowest BCUT2D eigenvalue weighted by Crippen LogP contribution is -2.59. The largest absolute Gasteiger partial charge is 0.485 e. The summed E-state index contributed by atoms with van der Waals surface area (Å²) in [6.45, 7) is -0.139. The van der Waals surface area contributed by atoms with Gasteiger partial charge in [-0.2, -0.15) is 0 Å². The molecule has 0 aromatic heterocycles. The number of allylic oxidation sites excluding steroid dienone is 1. The van der Waals surface area contributed by atoms with Gasteiger partial charge in [0, 0.05) is 19.4 Å². The van der Waals surface area contributed by atoms with Crippen LogP contribution < -0.4 is 4.74 Å². The van der Waals surface area contributed by atoms with E-state index in [1.165, 1.54) is 0 Å². The lowest BCUT2D eigenvalue weighted by atomic mass is 9.53. The third-order valence-electron chi connectivity index (χ3n) is 5.85. The number of hydrogen-bond donors (Lipinski definition) is 2. The number of Topliss-reactive ketones (excluding diaryl/α,β-unsaturated/α-hetero) is 1. The molecule has 2 N–H and O–H groups in total. The SMILES string of the molecule is COC12CCC(O)C(C#CC(=O)COc3ccccc3)C1CC2=CCCC(=O)O. The molecule has 3 rings (SSSR count). The van der Waals surface area contributed by atoms with Crippen molar-refractivity contribution in [3.05, 3.63) is 42.0 Å². The number of carbonyl (C=O) groups is 2. The number of fused-ring (bicyclic) bond motifs is 1. The minimum Gasteiger partial charge on any atom is -0.485 e. The van der Waals surface area contributed by atoms with Crippen molar-refractivity contribution in [3.8, 4) is 17.6 Å². The fourth-order valence-corrected chi connectivity index (χ4v) is 4.33. The molecule has 0 bridgehead atoms. The van der Waals surface area contributed by atoms with E-state index in [9.17, 15) is 14.7 Å². The van der Waals surface area contributed by atoms with Gasteiger partial charge in [0.25, 0.3) is 0 Å². The van der Waals surface area contributed by atoms with Crippen LogP contribution in [0.1, 0.15) is 32.1 Å². The zero-order valence-electron chi connectivity index (χ0n) is 16.5. The van der Waals surface area contributed by atoms with Crippen LogP contribution in [0.3, 0.4) is 0 Å². The molecule has 1 aromatic carbocycles. The molecular weight excluding hydrogens is 372 g/mol. The average molecular weight is 398 g/mol. The van der Waals surface area contributed by atoms with E-state index in [-0.39, 0.29) is 30.6 Å². The number of benzene rings is 1. The molecule has 0 radical (unpaired) electrons. The summed E-state index contributed by atoms with van der Waals surface area (Å²) in [4.78, 5) is 22.9. The van der Waals surface area contributed by atoms with Crippen LogP contribution in [-0.4, -0.2) is 47.4 Å². The molecule has 6 heteroatoms. The Kier molecular flexibility index (Phi) is 6.73. The third-order valence-corrected chi connectivity index (χ3v) is 5.85. The number of carbonyl (C=O) groups excluding carboxylic acids is 1. The highest BCUT2D eigenvalue weighted by Crippen LogP contribution is 2.56. The summed E-state index contributed by atoms with van der Waals surface area (Å²) in [6, 6.07) is 9.05. The van der Waals surface area contributed by atoms with Crippen LogP contribution in [0.5, 0.6) is 5.75 Å². The number of methoxy groups -OCH3 is 1. The van der Waals surface area contributed by atoms with Gasteiger partial charge in [-0.15, -0.1) is 0 Å². The molecule has 1 aromatic rings. The van der Waals surface area contributed by atoms with Gasteiger partial charge >= 0.3 is 5.97 Å². The molecular formula is C23H26O6. The zero-order chi connectivity index (χ0) is 20.9. The zero-order valence-corrected chi connectivity index (χ0v) is 16.5. The second kappa shape index (κ2) is 9.25. The van der Waals surface area contributed by atoms with Gasteiger partial charge in [0.15, 0.2) is 6.61 Å². The number of aliphatic hydroxyl groups is 1. The normalized spacial score (nSPS) is 29.2. The Morgan fingerprint density at radius 1 is 1.31 bits per heavy atom. The van der Waals surface area contributed by atoms with E-state index < -0.39 is 17.7 Å². The van der Waals surface area contributed by atoms with Crippen LogP contribution in [0.25, 0.3) is 0 Å². The van der Waals surface area contributed by atoms with Crippen molar-refractivity contribution >= 4 is 11.8 Å². The summed E-state index contributed by atoms with van der Waals surface area (Å²) in [7, 11) is 1.64. The van der Waals surface area contributed by atoms with Crippen LogP contribution in [0.4, 0.5) is 0 Å². The number of aliphatic hydroxyl groups excluding tert-OH is 1. The first-order chi connectivity index (χ1) is 14.0. The average Bonchev–Trinajstić information content (AvgIpc) is 2.70. The summed E-state index contributed by atoms with van der Waals surface area (Å²) in [5, 5.41) is 19.3. The fourth-order valence-electron chi connectivity index (χ4n) is 4.33. The molecule has 2 saturated carbocycles. The molecule has 2 aliphatic rings. The Labute approximate surface area is 170 Å². The van der Waals surface area contributed by atoms with Crippen molar-refractivity contribution in [2.45, 2.75) is 43.8 Å². The first-order valence-corrected chi connectivity index (χ1v) is 9.83. The minimum absolute atomic E-state index is 0.0114. The second-order valence-corrected chi connectivity index (χ2v) is 7.49. The van der Waals surface area contributed by atoms with Crippen molar-refractivity contribution in [1.82, 2.24) is 0 Å². The van der Waals surface area contributed by atoms with E-state index in [1.807, 2.05) is 24.3 Å². The molecule has 0 aliphatic heterocycles. The molecule has 0 spiro atoms. The van der Waals surface area contributed by atoms with E-state index >= 15 is 0 Å². The minimum atomic E-state index is -0.830. The fraction of sp³-hybridized carbons (Fsp3) is 0.478. The quantitative estimate of drug-likeness (QED) is 0.417. The summed E-state index contributed by atoms with van der Waals surface area (Å²) in [5.41, 5.74) is 0.560. The lowest BCUT2D eigenvalue weighted by Gasteiger charge is -2.57. The molecule has 0 heterocycles. The Hall–Kier alpha value is -2.62. The number of ether oxygens (including phenoxy) is 2. The van der Waals surface area contributed by atoms with Crippen LogP contribution in [-0.2, 0) is 14.3 Å². The van der Waals surface area contributed by atoms with Crippen molar-refractivity contribution in [2.75, 3.05) is 13.7 Å². The number of aliphatic carboxylic acids is 1. The van der Waals surface area contributed by atoms with Crippen molar-refractivity contribution in [3.63, 3.8) is 0 Å². The molecule has 0 saturated heterocycles. The lowest BCUT2D eigenvalue weighted by molar-refractivity contribution is -0.139. The van der Waals surface area contributed by atoms with Gasteiger partial charge in [-0.3, -0.25) is 9.59 Å². The topological polar surface area (TPSA) is 93.1 Å². The molecule has 4 atom stereocenters. The van der Waals surface area contributed by atoms with Crippen LogP contribution in [0.2, 0.25) is 0 Å². The van der Waals surface area contributed by atoms with E-state index in [4.69, 9.17) is 14.6 Å². The molecule has 6 nitrogen and oxygen atoms in total. The van der Waals surface area contributed by atoms with Gasteiger partial charge in [0.2, 0.25) is 5.78 Å². The van der Waals surface area contributed by atoms with E-state index in [1.54, 1.807) is 19.2 Å². The first-order valence-electron chi connectivity index (χ1n) is 9.83. The van der Waals surface area contributed by atoms with E-state index in [0.29, 0.717) is 31.4 Å². The molecule has 4 unspecified atom stereocenters. The summed E-state index contributed by atoms with van der Waals surface area (Å²) in [5.74, 6) is 4.65. The Morgan fingerprint density at radius 3 is 2.76 bits per heavy atom. The van der Waals surface area contributed by atoms with Gasteiger partial charge in [0.05, 0.1) is 17.6 Å². The standard InChI is InChI=1S/C23H26O6/c1-28-23-13-12-21(25)19(20(23)14-16(23)6-5-9-22(26)27)11-10-17(24)15-29-18-7-3-2-4-8-18/h2-4,6-8,19-21,25H,5,9,12-15H2,1H3,(H,26,27). The summed E-state index contributed by atoms with van der Waals surface area (Å²) >= 11 is 0. The molecule has 29 heavy (non-hydrogen) atoms. The highest BCUT2D eigenvalue weighted by Gasteiger charge is 2.58. The monoisotopic (exact) mass is 398 g/mol. The molecule has 154 valence electrons. The Morgan fingerprint density at radius 2 is 2.07 bits per heavy atom. The highest BCUT2D eigenvalue weighted by atomic mass is 16.5. The maximum absolute atomic E-state index is 12.1. The maximum Gasteiger partial charge on any atom is 0.303 e. The highest BCUT2D eigenvalue weighted by molar-refractivity contribution is 5.96. The number of para-hydroxylation sites is 1. The molecule has 2 fully saturated rings. The smallest absolute Gasteiger partial charge is 0.303 e. The Bertz CT molecular complexity index is 834. The number of carboxylic acid groups (broad SMARTS) is 1. The number of carboxylic acids is 1. The maximum atomic E-state index is 12.1. The van der Waals surface area contributed by atoms with Crippen LogP contribution >= 0.6 is 0 Å². The van der Waals surface area contributed by atoms with Gasteiger partial charge in [-0.25, -0.2) is 0 Å². The van der Waals surface area contributed by atoms with Gasteiger partial charge in [-0.05, 0) is 49.3 Å². The molecule has 0 amide bonds. The number of ketones is 1. The van der Waals surface area contributed by atoms with E-state index in [0.717, 1.165) is 5.57 Å². The van der Waals surface area contributed by atoms with Crippen LogP contribution in [0.15, 0.2) is 42.0 Å². The van der Waals surface area contributed by atoms with Gasteiger partial charge in [-0.1, -0.05) is 30.2 Å². The van der Waals surface area contributed by atoms with Crippen molar-refractivity contribution < 1.29 is 29.3 Å². The summed E-state index contributed by atoms with van der Waals surface area (Å²) < 4.78 is 11.3. The number of rotatable bonds is 7. The first kappa shape index (κ1) is 21.1. The predicted octanol–water partition coefficient (Wildman–Crippen LogP) is 2.61. The Balaban J connectivity index is 1.65.